The molecule has 0 saturated heterocycles. The molecule has 0 aliphatic heterocycles. The molecule has 0 spiro atoms. The number of unbranched alkanes of at least 4 members (excludes halogenated alkanes) is 6. The maximum atomic E-state index is 10.2. The third kappa shape index (κ3) is 11.3. The van der Waals surface area contributed by atoms with Gasteiger partial charge in [-0.3, -0.25) is 0 Å². The average molecular weight is 282 g/mol. The van der Waals surface area contributed by atoms with E-state index in [1.807, 2.05) is 0 Å². The van der Waals surface area contributed by atoms with Crippen molar-refractivity contribution in [1.29, 1.82) is 0 Å². The molecule has 0 aromatic heterocycles. The summed E-state index contributed by atoms with van der Waals surface area (Å²) in [7, 11) is 0. The molecular weight excluding hydrogens is 248 g/mol. The summed E-state index contributed by atoms with van der Waals surface area (Å²) in [5.74, 6) is 5.75. The molecule has 118 valence electrons. The Labute approximate surface area is 126 Å². The van der Waals surface area contributed by atoms with Crippen LogP contribution in [0.3, 0.4) is 0 Å². The zero-order valence-corrected chi connectivity index (χ0v) is 14.0. The maximum absolute atomic E-state index is 10.2. The quantitative estimate of drug-likeness (QED) is 0.459. The van der Waals surface area contributed by atoms with Gasteiger partial charge >= 0.3 is 0 Å². The van der Waals surface area contributed by atoms with Gasteiger partial charge in [0, 0.05) is 0 Å². The highest BCUT2D eigenvalue weighted by Gasteiger charge is 2.20. The highest BCUT2D eigenvalue weighted by molar-refractivity contribution is 5.19. The van der Waals surface area contributed by atoms with Crippen LogP contribution in [-0.2, 0) is 0 Å². The minimum atomic E-state index is -0.971. The van der Waals surface area contributed by atoms with Crippen LogP contribution in [0.15, 0.2) is 0 Å². The third-order valence-electron chi connectivity index (χ3n) is 3.64. The molecule has 2 heteroatoms. The first-order chi connectivity index (χ1) is 9.33. The molecule has 2 nitrogen and oxygen atoms in total. The van der Waals surface area contributed by atoms with Crippen LogP contribution in [0.1, 0.15) is 91.9 Å². The van der Waals surface area contributed by atoms with Crippen LogP contribution >= 0.6 is 0 Å². The molecule has 0 saturated carbocycles. The average Bonchev–Trinajstić information content (AvgIpc) is 2.38. The minimum Gasteiger partial charge on any atom is -0.378 e. The van der Waals surface area contributed by atoms with Gasteiger partial charge < -0.3 is 10.2 Å². The molecule has 0 aromatic rings. The predicted octanol–water partition coefficient (Wildman–Crippen LogP) is 4.43. The molecular formula is C18H34O2. The van der Waals surface area contributed by atoms with Gasteiger partial charge in [0.15, 0.2) is 0 Å². The van der Waals surface area contributed by atoms with E-state index in [-0.39, 0.29) is 0 Å². The van der Waals surface area contributed by atoms with Gasteiger partial charge in [-0.2, -0.15) is 0 Å². The number of hydrogen-bond acceptors (Lipinski definition) is 2. The summed E-state index contributed by atoms with van der Waals surface area (Å²) in [5.41, 5.74) is -1.94. The van der Waals surface area contributed by atoms with Crippen molar-refractivity contribution >= 4 is 0 Å². The van der Waals surface area contributed by atoms with Crippen molar-refractivity contribution in [3.63, 3.8) is 0 Å². The molecule has 0 amide bonds. The molecule has 0 aliphatic carbocycles. The Morgan fingerprint density at radius 2 is 1.00 bits per heavy atom. The molecule has 20 heavy (non-hydrogen) atoms. The van der Waals surface area contributed by atoms with Gasteiger partial charge in [0.2, 0.25) is 0 Å². The Kier molecular flexibility index (Phi) is 9.98. The first kappa shape index (κ1) is 19.5. The standard InChI is InChI=1S/C18H34O2/c1-5-7-9-11-13-17(3,19)15-16-18(4,20)14-12-10-8-6-2/h19-20H,5-14H2,1-4H3. The van der Waals surface area contributed by atoms with E-state index in [9.17, 15) is 10.2 Å². The predicted molar refractivity (Wildman–Crippen MR) is 86.5 cm³/mol. The molecule has 0 rings (SSSR count). The summed E-state index contributed by atoms with van der Waals surface area (Å²) in [5, 5.41) is 20.4. The lowest BCUT2D eigenvalue weighted by Gasteiger charge is -2.19. The normalized spacial score (nSPS) is 16.9. The summed E-state index contributed by atoms with van der Waals surface area (Å²) in [6.45, 7) is 7.85. The molecule has 2 atom stereocenters. The molecule has 0 radical (unpaired) electrons. The summed E-state index contributed by atoms with van der Waals surface area (Å²) in [4.78, 5) is 0. The van der Waals surface area contributed by atoms with Crippen LogP contribution in [0.2, 0.25) is 0 Å². The van der Waals surface area contributed by atoms with Crippen LogP contribution in [0.5, 0.6) is 0 Å². The minimum absolute atomic E-state index is 0.686. The zero-order valence-electron chi connectivity index (χ0n) is 14.0. The van der Waals surface area contributed by atoms with Crippen molar-refractivity contribution in [2.24, 2.45) is 0 Å². The fourth-order valence-electron chi connectivity index (χ4n) is 2.19. The second kappa shape index (κ2) is 10.2. The molecule has 0 bridgehead atoms. The second-order valence-corrected chi connectivity index (χ2v) is 6.42. The third-order valence-corrected chi connectivity index (χ3v) is 3.64. The van der Waals surface area contributed by atoms with Gasteiger partial charge in [-0.15, -0.1) is 0 Å². The van der Waals surface area contributed by atoms with E-state index in [1.54, 1.807) is 13.8 Å². The largest absolute Gasteiger partial charge is 0.378 e. The second-order valence-electron chi connectivity index (χ2n) is 6.42. The van der Waals surface area contributed by atoms with Gasteiger partial charge in [-0.25, -0.2) is 0 Å². The highest BCUT2D eigenvalue weighted by atomic mass is 16.3. The molecule has 2 unspecified atom stereocenters. The van der Waals surface area contributed by atoms with Crippen molar-refractivity contribution in [2.75, 3.05) is 0 Å². The fraction of sp³-hybridized carbons (Fsp3) is 0.889. The molecule has 0 aliphatic rings. The van der Waals surface area contributed by atoms with E-state index in [1.165, 1.54) is 25.7 Å². The Balaban J connectivity index is 4.15. The van der Waals surface area contributed by atoms with Crippen molar-refractivity contribution in [2.45, 2.75) is 103 Å². The van der Waals surface area contributed by atoms with E-state index in [0.717, 1.165) is 25.7 Å². The Morgan fingerprint density at radius 3 is 1.30 bits per heavy atom. The first-order valence-electron chi connectivity index (χ1n) is 8.32. The summed E-state index contributed by atoms with van der Waals surface area (Å²) < 4.78 is 0. The highest BCUT2D eigenvalue weighted by Crippen LogP contribution is 2.17. The Bertz CT molecular complexity index is 266. The van der Waals surface area contributed by atoms with Gasteiger partial charge in [0.05, 0.1) is 0 Å². The van der Waals surface area contributed by atoms with Crippen molar-refractivity contribution in [1.82, 2.24) is 0 Å². The van der Waals surface area contributed by atoms with Crippen molar-refractivity contribution in [3.05, 3.63) is 0 Å². The zero-order chi connectivity index (χ0) is 15.5. The van der Waals surface area contributed by atoms with E-state index in [0.29, 0.717) is 12.8 Å². The first-order valence-corrected chi connectivity index (χ1v) is 8.32. The lowest BCUT2D eigenvalue weighted by Crippen LogP contribution is -2.26. The topological polar surface area (TPSA) is 40.5 Å². The Hall–Kier alpha value is -0.520. The molecule has 0 aromatic carbocycles. The monoisotopic (exact) mass is 282 g/mol. The smallest absolute Gasteiger partial charge is 0.122 e. The summed E-state index contributed by atoms with van der Waals surface area (Å²) in [6.07, 6.45) is 10.4. The van der Waals surface area contributed by atoms with Gasteiger partial charge in [0.1, 0.15) is 11.2 Å². The lowest BCUT2D eigenvalue weighted by atomic mass is 9.94. The van der Waals surface area contributed by atoms with Crippen molar-refractivity contribution in [3.8, 4) is 11.8 Å². The maximum Gasteiger partial charge on any atom is 0.122 e. The van der Waals surface area contributed by atoms with E-state index in [4.69, 9.17) is 0 Å². The van der Waals surface area contributed by atoms with Gasteiger partial charge in [0.25, 0.3) is 0 Å². The fourth-order valence-corrected chi connectivity index (χ4v) is 2.19. The van der Waals surface area contributed by atoms with Gasteiger partial charge in [-0.1, -0.05) is 64.2 Å². The number of aliphatic hydroxyl groups is 2. The van der Waals surface area contributed by atoms with E-state index < -0.39 is 11.2 Å². The molecule has 0 fully saturated rings. The lowest BCUT2D eigenvalue weighted by molar-refractivity contribution is 0.0969. The summed E-state index contributed by atoms with van der Waals surface area (Å²) >= 11 is 0. The number of rotatable bonds is 10. The molecule has 2 N–H and O–H groups in total. The Morgan fingerprint density at radius 1 is 0.650 bits per heavy atom. The summed E-state index contributed by atoms with van der Waals surface area (Å²) in [6, 6.07) is 0. The van der Waals surface area contributed by atoms with Crippen LogP contribution in [0, 0.1) is 11.8 Å². The van der Waals surface area contributed by atoms with Crippen LogP contribution in [0.25, 0.3) is 0 Å². The van der Waals surface area contributed by atoms with Crippen molar-refractivity contribution < 1.29 is 10.2 Å². The van der Waals surface area contributed by atoms with Crippen LogP contribution < -0.4 is 0 Å². The van der Waals surface area contributed by atoms with Crippen LogP contribution in [-0.4, -0.2) is 21.4 Å². The SMILES string of the molecule is CCCCCCC(C)(O)C#CC(C)(O)CCCCCC. The van der Waals surface area contributed by atoms with Gasteiger partial charge in [-0.05, 0) is 39.5 Å². The van der Waals surface area contributed by atoms with Crippen LogP contribution in [0.4, 0.5) is 0 Å². The number of hydrogen-bond donors (Lipinski definition) is 2. The van der Waals surface area contributed by atoms with E-state index in [2.05, 4.69) is 25.7 Å². The molecule has 0 heterocycles. The van der Waals surface area contributed by atoms with E-state index >= 15 is 0 Å².